The summed E-state index contributed by atoms with van der Waals surface area (Å²) in [6.45, 7) is 15.2. The van der Waals surface area contributed by atoms with Gasteiger partial charge in [-0.2, -0.15) is 0 Å². The maximum Gasteiger partial charge on any atom is 0.164 e. The number of pyridine rings is 1. The Morgan fingerprint density at radius 1 is 0.702 bits per heavy atom. The van der Waals surface area contributed by atoms with E-state index in [-0.39, 0.29) is 36.4 Å². The summed E-state index contributed by atoms with van der Waals surface area (Å²) in [7, 11) is 0. The Labute approximate surface area is 295 Å². The van der Waals surface area contributed by atoms with E-state index in [9.17, 15) is 0 Å². The average Bonchev–Trinajstić information content (AvgIpc) is 3.32. The molecule has 2 heterocycles. The van der Waals surface area contributed by atoms with Crippen LogP contribution < -0.4 is 0 Å². The zero-order valence-corrected chi connectivity index (χ0v) is 31.3. The first-order valence-corrected chi connectivity index (χ1v) is 16.9. The normalized spacial score (nSPS) is 15.6. The summed E-state index contributed by atoms with van der Waals surface area (Å²) in [5, 5.41) is 0. The number of rotatable bonds is 9. The van der Waals surface area contributed by atoms with Crippen LogP contribution in [0.1, 0.15) is 109 Å². The zero-order valence-electron chi connectivity index (χ0n) is 28.9. The van der Waals surface area contributed by atoms with Crippen LogP contribution in [0.4, 0.5) is 0 Å². The third-order valence-electron chi connectivity index (χ3n) is 9.34. The van der Waals surface area contributed by atoms with Crippen molar-refractivity contribution >= 4 is 0 Å². The number of hydrogen-bond acceptors (Lipinski definition) is 4. The number of nitrogens with zero attached hydrogens (tertiary/aromatic N) is 4. The molecule has 1 atom stereocenters. The minimum absolute atomic E-state index is 0. The molecule has 0 spiro atoms. The molecule has 5 heteroatoms. The van der Waals surface area contributed by atoms with Gasteiger partial charge in [-0.15, -0.1) is 29.3 Å². The molecule has 1 radical (unpaired) electrons. The summed E-state index contributed by atoms with van der Waals surface area (Å²) in [5.74, 6) is 2.27. The topological polar surface area (TPSA) is 51.6 Å². The standard InChI is InChI=1S/C42H47N4.Ir/c1-8-9-25-42(26-15-18-29-16-11-10-12-17-29)34-20-14-13-19-32(34)33-23-21-30(27-35(33)42)36-24-22-31(28-43-36)37-44-38(40(2,3)4)46-39(45-37)41(5,6)7;/h10-14,16-17,19-20,22-24,27-28H,8-9,15,18,25-26H2,1-7H3;/q-1;. The quantitative estimate of drug-likeness (QED) is 0.139. The monoisotopic (exact) mass is 800 g/mol. The first-order chi connectivity index (χ1) is 22.0. The molecule has 0 amide bonds. The number of aryl methyl sites for hydroxylation is 1. The molecule has 6 rings (SSSR count). The second-order valence-electron chi connectivity index (χ2n) is 15.0. The fraction of sp³-hybridized carbons (Fsp3) is 0.381. The maximum atomic E-state index is 4.96. The third kappa shape index (κ3) is 7.17. The minimum atomic E-state index is -0.187. The van der Waals surface area contributed by atoms with Crippen molar-refractivity contribution in [2.75, 3.05) is 0 Å². The SMILES string of the molecule is CCCCC1(CCCc2ccccc2)c2ccccc2-c2c[c-]c(-c3ccc(-c4nc(C(C)(C)C)nc(C(C)(C)C)n4)cn3)cc21.[Ir]. The fourth-order valence-electron chi connectivity index (χ4n) is 6.78. The second-order valence-corrected chi connectivity index (χ2v) is 15.0. The van der Waals surface area contributed by atoms with Gasteiger partial charge in [0.05, 0.1) is 0 Å². The van der Waals surface area contributed by atoms with Gasteiger partial charge in [0.2, 0.25) is 0 Å². The molecule has 0 N–H and O–H groups in total. The van der Waals surface area contributed by atoms with Crippen molar-refractivity contribution in [2.24, 2.45) is 0 Å². The Balaban J connectivity index is 0.00000433. The van der Waals surface area contributed by atoms with Gasteiger partial charge >= 0.3 is 0 Å². The molecule has 0 aliphatic heterocycles. The Morgan fingerprint density at radius 3 is 2.00 bits per heavy atom. The Bertz CT molecular complexity index is 1780. The fourth-order valence-corrected chi connectivity index (χ4v) is 6.78. The van der Waals surface area contributed by atoms with Crippen molar-refractivity contribution in [3.63, 3.8) is 0 Å². The molecule has 1 unspecified atom stereocenters. The molecular weight excluding hydrogens is 753 g/mol. The van der Waals surface area contributed by atoms with Crippen LogP contribution in [0.15, 0.2) is 85.1 Å². The Kier molecular flexibility index (Phi) is 10.3. The molecule has 2 aromatic heterocycles. The van der Waals surface area contributed by atoms with Gasteiger partial charge < -0.3 is 4.98 Å². The maximum absolute atomic E-state index is 4.96. The third-order valence-corrected chi connectivity index (χ3v) is 9.34. The molecular formula is C42H47IrN4-. The van der Waals surface area contributed by atoms with Crippen molar-refractivity contribution in [1.29, 1.82) is 0 Å². The van der Waals surface area contributed by atoms with Gasteiger partial charge in [-0.1, -0.05) is 139 Å². The van der Waals surface area contributed by atoms with E-state index in [4.69, 9.17) is 19.9 Å². The molecule has 0 saturated carbocycles. The van der Waals surface area contributed by atoms with Crippen molar-refractivity contribution in [2.45, 2.75) is 103 Å². The first-order valence-electron chi connectivity index (χ1n) is 16.9. The predicted octanol–water partition coefficient (Wildman–Crippen LogP) is 10.5. The largest absolute Gasteiger partial charge is 0.304 e. The van der Waals surface area contributed by atoms with E-state index in [1.807, 2.05) is 6.20 Å². The van der Waals surface area contributed by atoms with E-state index >= 15 is 0 Å². The van der Waals surface area contributed by atoms with Gasteiger partial charge in [0.1, 0.15) is 11.6 Å². The summed E-state index contributed by atoms with van der Waals surface area (Å²) in [4.78, 5) is 19.6. The van der Waals surface area contributed by atoms with Crippen molar-refractivity contribution in [3.8, 4) is 33.8 Å². The molecule has 4 nitrogen and oxygen atoms in total. The van der Waals surface area contributed by atoms with Gasteiger partial charge in [-0.3, -0.25) is 0 Å². The summed E-state index contributed by atoms with van der Waals surface area (Å²) in [5.41, 5.74) is 9.44. The van der Waals surface area contributed by atoms with Crippen LogP contribution in [0.2, 0.25) is 0 Å². The molecule has 0 saturated heterocycles. The van der Waals surface area contributed by atoms with Crippen molar-refractivity contribution in [3.05, 3.63) is 119 Å². The molecule has 3 aromatic carbocycles. The van der Waals surface area contributed by atoms with E-state index in [0.717, 1.165) is 54.2 Å². The molecule has 1 aliphatic carbocycles. The summed E-state index contributed by atoms with van der Waals surface area (Å²) in [6, 6.07) is 32.4. The molecule has 47 heavy (non-hydrogen) atoms. The number of unbranched alkanes of at least 4 members (excludes halogenated alkanes) is 1. The molecule has 5 aromatic rings. The van der Waals surface area contributed by atoms with Gasteiger partial charge in [0, 0.05) is 48.1 Å². The minimum Gasteiger partial charge on any atom is -0.304 e. The smallest absolute Gasteiger partial charge is 0.164 e. The van der Waals surface area contributed by atoms with Crippen LogP contribution in [0.25, 0.3) is 33.8 Å². The number of hydrogen-bond donors (Lipinski definition) is 0. The number of fused-ring (bicyclic) bond motifs is 3. The molecule has 0 bridgehead atoms. The van der Waals surface area contributed by atoms with Crippen LogP contribution >= 0.6 is 0 Å². The van der Waals surface area contributed by atoms with Gasteiger partial charge in [0.15, 0.2) is 5.82 Å². The molecule has 0 fully saturated rings. The van der Waals surface area contributed by atoms with Crippen molar-refractivity contribution < 1.29 is 20.1 Å². The van der Waals surface area contributed by atoms with E-state index in [1.54, 1.807) is 0 Å². The van der Waals surface area contributed by atoms with Gasteiger partial charge in [0.25, 0.3) is 0 Å². The van der Waals surface area contributed by atoms with Crippen LogP contribution in [0.5, 0.6) is 0 Å². The average molecular weight is 800 g/mol. The zero-order chi connectivity index (χ0) is 32.5. The van der Waals surface area contributed by atoms with E-state index in [1.165, 1.54) is 40.7 Å². The Morgan fingerprint density at radius 2 is 1.36 bits per heavy atom. The van der Waals surface area contributed by atoms with E-state index in [0.29, 0.717) is 5.82 Å². The summed E-state index contributed by atoms with van der Waals surface area (Å²) >= 11 is 0. The van der Waals surface area contributed by atoms with E-state index < -0.39 is 0 Å². The summed E-state index contributed by atoms with van der Waals surface area (Å²) in [6.07, 6.45) is 8.77. The van der Waals surface area contributed by atoms with Gasteiger partial charge in [-0.25, -0.2) is 15.0 Å². The number of aromatic nitrogens is 4. The molecule has 245 valence electrons. The van der Waals surface area contributed by atoms with Crippen LogP contribution in [0, 0.1) is 6.07 Å². The van der Waals surface area contributed by atoms with Crippen LogP contribution in [-0.2, 0) is 42.8 Å². The Hall–Kier alpha value is -3.53. The number of benzene rings is 3. The first kappa shape index (κ1) is 34.8. The van der Waals surface area contributed by atoms with Crippen molar-refractivity contribution in [1.82, 2.24) is 19.9 Å². The van der Waals surface area contributed by atoms with Crippen LogP contribution in [-0.4, -0.2) is 19.9 Å². The molecule has 1 aliphatic rings. The second kappa shape index (κ2) is 13.9. The van der Waals surface area contributed by atoms with Crippen LogP contribution in [0.3, 0.4) is 0 Å². The predicted molar refractivity (Wildman–Crippen MR) is 190 cm³/mol. The van der Waals surface area contributed by atoms with Gasteiger partial charge in [-0.05, 0) is 42.5 Å². The summed E-state index contributed by atoms with van der Waals surface area (Å²) < 4.78 is 0. The van der Waals surface area contributed by atoms with E-state index in [2.05, 4.69) is 133 Å².